The zero-order valence-corrected chi connectivity index (χ0v) is 4.42. The molecule has 0 aromatic rings. The Morgan fingerprint density at radius 3 is 2.88 bits per heavy atom. The zero-order valence-electron chi connectivity index (χ0n) is 4.42. The summed E-state index contributed by atoms with van der Waals surface area (Å²) in [6.45, 7) is 0.632. The van der Waals surface area contributed by atoms with Crippen LogP contribution in [-0.2, 0) is 0 Å². The van der Waals surface area contributed by atoms with Crippen LogP contribution in [0.5, 0.6) is 0 Å². The molecule has 0 bridgehead atoms. The SMILES string of the molecule is FCN1C=CC2CN21. The standard InChI is InChI=1S/C5H7FN2/c6-4-7-2-1-5-3-8(5)7/h1-2,5H,3-4H2. The fourth-order valence-corrected chi connectivity index (χ4v) is 0.993. The molecule has 8 heavy (non-hydrogen) atoms. The first-order valence-corrected chi connectivity index (χ1v) is 2.69. The summed E-state index contributed by atoms with van der Waals surface area (Å²) in [7, 11) is 0. The maximum Gasteiger partial charge on any atom is 0.175 e. The van der Waals surface area contributed by atoms with Crippen molar-refractivity contribution in [3.8, 4) is 0 Å². The van der Waals surface area contributed by atoms with E-state index in [1.54, 1.807) is 11.2 Å². The summed E-state index contributed by atoms with van der Waals surface area (Å²) in [4.78, 5) is 0. The van der Waals surface area contributed by atoms with Crippen molar-refractivity contribution in [2.75, 3.05) is 13.3 Å². The first-order valence-electron chi connectivity index (χ1n) is 2.69. The van der Waals surface area contributed by atoms with Crippen LogP contribution in [0.25, 0.3) is 0 Å². The Morgan fingerprint density at radius 1 is 1.75 bits per heavy atom. The molecule has 0 spiro atoms. The molecule has 0 aromatic heterocycles. The Hall–Kier alpha value is -0.570. The summed E-state index contributed by atoms with van der Waals surface area (Å²) in [5.74, 6) is 0. The van der Waals surface area contributed by atoms with E-state index in [0.29, 0.717) is 6.04 Å². The van der Waals surface area contributed by atoms with Crippen molar-refractivity contribution < 1.29 is 4.39 Å². The van der Waals surface area contributed by atoms with Crippen LogP contribution in [0, 0.1) is 0 Å². The van der Waals surface area contributed by atoms with Gasteiger partial charge < -0.3 is 0 Å². The predicted molar refractivity (Wildman–Crippen MR) is 27.4 cm³/mol. The lowest BCUT2D eigenvalue weighted by molar-refractivity contribution is 0.102. The van der Waals surface area contributed by atoms with Gasteiger partial charge in [0.05, 0.1) is 6.04 Å². The molecular weight excluding hydrogens is 107 g/mol. The minimum atomic E-state index is -0.382. The Kier molecular flexibility index (Phi) is 0.663. The maximum atomic E-state index is 11.8. The highest BCUT2D eigenvalue weighted by atomic mass is 19.1. The summed E-state index contributed by atoms with van der Waals surface area (Å²) >= 11 is 0. The van der Waals surface area contributed by atoms with Crippen molar-refractivity contribution in [2.45, 2.75) is 6.04 Å². The van der Waals surface area contributed by atoms with Gasteiger partial charge in [0, 0.05) is 12.7 Å². The van der Waals surface area contributed by atoms with E-state index in [4.69, 9.17) is 0 Å². The Morgan fingerprint density at radius 2 is 2.62 bits per heavy atom. The molecule has 0 aromatic carbocycles. The lowest BCUT2D eigenvalue weighted by Gasteiger charge is -2.11. The molecule has 2 unspecified atom stereocenters. The molecule has 2 aliphatic heterocycles. The number of hydrogen-bond donors (Lipinski definition) is 0. The Labute approximate surface area is 47.2 Å². The highest BCUT2D eigenvalue weighted by Gasteiger charge is 2.39. The van der Waals surface area contributed by atoms with E-state index in [-0.39, 0.29) is 6.80 Å². The average Bonchev–Trinajstić information content (AvgIpc) is 2.46. The summed E-state index contributed by atoms with van der Waals surface area (Å²) in [6.07, 6.45) is 3.80. The maximum absolute atomic E-state index is 11.8. The van der Waals surface area contributed by atoms with Gasteiger partial charge in [-0.3, -0.25) is 5.01 Å². The quantitative estimate of drug-likeness (QED) is 0.358. The third-order valence-corrected chi connectivity index (χ3v) is 1.56. The van der Waals surface area contributed by atoms with E-state index in [0.717, 1.165) is 6.54 Å². The molecule has 44 valence electrons. The second-order valence-corrected chi connectivity index (χ2v) is 2.09. The smallest absolute Gasteiger partial charge is 0.175 e. The molecular formula is C5H7FN2. The topological polar surface area (TPSA) is 6.25 Å². The van der Waals surface area contributed by atoms with E-state index in [2.05, 4.69) is 0 Å². The van der Waals surface area contributed by atoms with Gasteiger partial charge in [0.15, 0.2) is 6.80 Å². The number of alkyl halides is 1. The van der Waals surface area contributed by atoms with Gasteiger partial charge in [-0.1, -0.05) is 0 Å². The first kappa shape index (κ1) is 4.32. The van der Waals surface area contributed by atoms with Crippen LogP contribution in [-0.4, -0.2) is 29.4 Å². The molecule has 2 heterocycles. The minimum absolute atomic E-state index is 0.382. The van der Waals surface area contributed by atoms with Gasteiger partial charge in [-0.25, -0.2) is 9.40 Å². The second-order valence-electron chi connectivity index (χ2n) is 2.09. The molecule has 1 saturated heterocycles. The number of nitrogens with zero attached hydrogens (tertiary/aromatic N) is 2. The van der Waals surface area contributed by atoms with E-state index in [1.165, 1.54) is 0 Å². The highest BCUT2D eigenvalue weighted by molar-refractivity contribution is 5.10. The molecule has 2 atom stereocenters. The largest absolute Gasteiger partial charge is 0.282 e. The van der Waals surface area contributed by atoms with Crippen molar-refractivity contribution in [3.63, 3.8) is 0 Å². The highest BCUT2D eigenvalue weighted by Crippen LogP contribution is 2.27. The summed E-state index contributed by atoms with van der Waals surface area (Å²) in [5, 5.41) is 3.56. The third-order valence-electron chi connectivity index (χ3n) is 1.56. The lowest BCUT2D eigenvalue weighted by Crippen LogP contribution is -2.19. The molecule has 0 amide bonds. The molecule has 2 aliphatic rings. The van der Waals surface area contributed by atoms with Crippen molar-refractivity contribution >= 4 is 0 Å². The van der Waals surface area contributed by atoms with Crippen LogP contribution in [0.1, 0.15) is 0 Å². The number of rotatable bonds is 1. The first-order chi connectivity index (χ1) is 3.92. The summed E-state index contributed by atoms with van der Waals surface area (Å²) < 4.78 is 11.8. The fraction of sp³-hybridized carbons (Fsp3) is 0.600. The van der Waals surface area contributed by atoms with Gasteiger partial charge in [0.1, 0.15) is 0 Å². The third kappa shape index (κ3) is 0.395. The molecule has 0 radical (unpaired) electrons. The van der Waals surface area contributed by atoms with Crippen molar-refractivity contribution in [1.82, 2.24) is 10.0 Å². The van der Waals surface area contributed by atoms with Gasteiger partial charge >= 0.3 is 0 Å². The lowest BCUT2D eigenvalue weighted by atomic mass is 10.5. The predicted octanol–water partition coefficient (Wildman–Crippen LogP) is 0.342. The molecule has 2 rings (SSSR count). The molecule has 0 N–H and O–H groups in total. The van der Waals surface area contributed by atoms with E-state index < -0.39 is 0 Å². The monoisotopic (exact) mass is 114 g/mol. The molecule has 1 fully saturated rings. The number of hydrogen-bond acceptors (Lipinski definition) is 2. The van der Waals surface area contributed by atoms with Gasteiger partial charge in [0.2, 0.25) is 0 Å². The number of fused-ring (bicyclic) bond motifs is 1. The van der Waals surface area contributed by atoms with E-state index in [9.17, 15) is 4.39 Å². The Bertz CT molecular complexity index is 134. The minimum Gasteiger partial charge on any atom is -0.282 e. The summed E-state index contributed by atoms with van der Waals surface area (Å²) in [5.41, 5.74) is 0. The van der Waals surface area contributed by atoms with Gasteiger partial charge in [-0.15, -0.1) is 0 Å². The van der Waals surface area contributed by atoms with Crippen LogP contribution in [0.4, 0.5) is 4.39 Å². The van der Waals surface area contributed by atoms with Gasteiger partial charge in [-0.05, 0) is 6.08 Å². The second kappa shape index (κ2) is 1.23. The van der Waals surface area contributed by atoms with Crippen LogP contribution >= 0.6 is 0 Å². The van der Waals surface area contributed by atoms with Crippen molar-refractivity contribution in [1.29, 1.82) is 0 Å². The van der Waals surface area contributed by atoms with Crippen molar-refractivity contribution in [2.24, 2.45) is 0 Å². The number of hydrazine groups is 1. The zero-order chi connectivity index (χ0) is 5.56. The van der Waals surface area contributed by atoms with Crippen LogP contribution in [0.3, 0.4) is 0 Å². The van der Waals surface area contributed by atoms with Crippen LogP contribution < -0.4 is 0 Å². The Balaban J connectivity index is 2.07. The fourth-order valence-electron chi connectivity index (χ4n) is 0.993. The molecule has 2 nitrogen and oxygen atoms in total. The molecule has 0 saturated carbocycles. The number of halogens is 1. The van der Waals surface area contributed by atoms with Gasteiger partial charge in [-0.2, -0.15) is 0 Å². The van der Waals surface area contributed by atoms with Gasteiger partial charge in [0.25, 0.3) is 0 Å². The normalized spacial score (nSPS) is 40.4. The van der Waals surface area contributed by atoms with E-state index >= 15 is 0 Å². The van der Waals surface area contributed by atoms with Crippen LogP contribution in [0.2, 0.25) is 0 Å². The molecule has 3 heteroatoms. The summed E-state index contributed by atoms with van der Waals surface area (Å²) in [6, 6.07) is 0.533. The van der Waals surface area contributed by atoms with E-state index in [1.807, 2.05) is 11.1 Å². The van der Waals surface area contributed by atoms with Crippen LogP contribution in [0.15, 0.2) is 12.3 Å². The average molecular weight is 114 g/mol. The van der Waals surface area contributed by atoms with Crippen molar-refractivity contribution in [3.05, 3.63) is 12.3 Å². The molecule has 0 aliphatic carbocycles.